The fraction of sp³-hybridized carbons (Fsp3) is 0.364. The van der Waals surface area contributed by atoms with Crippen LogP contribution in [0.1, 0.15) is 32.6 Å². The highest BCUT2D eigenvalue weighted by molar-refractivity contribution is 7.99. The molecule has 4 rings (SSSR count). The first kappa shape index (κ1) is 20.9. The Morgan fingerprint density at radius 2 is 1.90 bits per heavy atom. The fourth-order valence-electron chi connectivity index (χ4n) is 3.84. The van der Waals surface area contributed by atoms with Gasteiger partial charge in [-0.25, -0.2) is 0 Å². The second kappa shape index (κ2) is 9.62. The third kappa shape index (κ3) is 4.52. The molecule has 1 aliphatic rings. The van der Waals surface area contributed by atoms with Crippen molar-refractivity contribution in [3.05, 3.63) is 53.8 Å². The predicted molar refractivity (Wildman–Crippen MR) is 120 cm³/mol. The van der Waals surface area contributed by atoms with Crippen molar-refractivity contribution in [1.29, 1.82) is 0 Å². The van der Waals surface area contributed by atoms with Gasteiger partial charge in [0.05, 0.1) is 5.75 Å². The average Bonchev–Trinajstić information content (AvgIpc) is 3.22. The lowest BCUT2D eigenvalue weighted by Crippen LogP contribution is -2.44. The molecular weight excluding hydrogens is 418 g/mol. The van der Waals surface area contributed by atoms with Gasteiger partial charge in [-0.3, -0.25) is 14.3 Å². The second-order valence-corrected chi connectivity index (χ2v) is 8.67. The number of pyridine rings is 1. The Labute approximate surface area is 185 Å². The number of hydrogen-bond donors (Lipinski definition) is 0. The van der Waals surface area contributed by atoms with Gasteiger partial charge >= 0.3 is 0 Å². The van der Waals surface area contributed by atoms with Crippen LogP contribution >= 0.6 is 23.4 Å². The summed E-state index contributed by atoms with van der Waals surface area (Å²) < 4.78 is 1.97. The van der Waals surface area contributed by atoms with Crippen LogP contribution in [-0.2, 0) is 4.79 Å². The summed E-state index contributed by atoms with van der Waals surface area (Å²) in [5.74, 6) is 1.22. The highest BCUT2D eigenvalue weighted by Gasteiger charge is 2.26. The van der Waals surface area contributed by atoms with Crippen LogP contribution in [0.25, 0.3) is 17.1 Å². The lowest BCUT2D eigenvalue weighted by molar-refractivity contribution is -0.132. The number of likely N-dealkylation sites (tertiary alicyclic amines) is 1. The van der Waals surface area contributed by atoms with Crippen LogP contribution in [0.15, 0.2) is 53.9 Å². The maximum atomic E-state index is 12.9. The molecule has 1 unspecified atom stereocenters. The minimum atomic E-state index is 0.169. The number of piperidine rings is 1. The molecule has 0 bridgehead atoms. The van der Waals surface area contributed by atoms with E-state index in [9.17, 15) is 4.79 Å². The summed E-state index contributed by atoms with van der Waals surface area (Å²) in [7, 11) is 0. The summed E-state index contributed by atoms with van der Waals surface area (Å²) in [6.07, 6.45) is 7.85. The van der Waals surface area contributed by atoms with Gasteiger partial charge in [-0.1, -0.05) is 30.3 Å². The van der Waals surface area contributed by atoms with Gasteiger partial charge in [-0.2, -0.15) is 0 Å². The Kier molecular flexibility index (Phi) is 6.69. The number of amides is 1. The fourth-order valence-corrected chi connectivity index (χ4v) is 4.80. The molecule has 2 aromatic heterocycles. The van der Waals surface area contributed by atoms with Gasteiger partial charge in [0.15, 0.2) is 11.0 Å². The molecule has 30 heavy (non-hydrogen) atoms. The van der Waals surface area contributed by atoms with Crippen molar-refractivity contribution in [3.8, 4) is 17.1 Å². The van der Waals surface area contributed by atoms with E-state index in [4.69, 9.17) is 11.6 Å². The van der Waals surface area contributed by atoms with Crippen molar-refractivity contribution >= 4 is 29.3 Å². The highest BCUT2D eigenvalue weighted by atomic mass is 35.5. The van der Waals surface area contributed by atoms with Crippen molar-refractivity contribution in [2.75, 3.05) is 12.3 Å². The van der Waals surface area contributed by atoms with E-state index >= 15 is 0 Å². The molecule has 3 aromatic rings. The molecule has 1 saturated heterocycles. The van der Waals surface area contributed by atoms with Crippen molar-refractivity contribution in [2.24, 2.45) is 0 Å². The number of thioether (sulfide) groups is 1. The van der Waals surface area contributed by atoms with Crippen molar-refractivity contribution < 1.29 is 4.79 Å². The van der Waals surface area contributed by atoms with Crippen LogP contribution in [0.5, 0.6) is 0 Å². The third-order valence-corrected chi connectivity index (χ3v) is 6.57. The van der Waals surface area contributed by atoms with E-state index in [-0.39, 0.29) is 5.91 Å². The summed E-state index contributed by atoms with van der Waals surface area (Å²) in [5.41, 5.74) is 1.81. The molecule has 1 aliphatic heterocycles. The van der Waals surface area contributed by atoms with Crippen LogP contribution in [0.4, 0.5) is 0 Å². The second-order valence-electron chi connectivity index (χ2n) is 7.29. The highest BCUT2D eigenvalue weighted by Crippen LogP contribution is 2.29. The number of rotatable bonds is 6. The molecule has 156 valence electrons. The number of carbonyl (C=O) groups is 1. The summed E-state index contributed by atoms with van der Waals surface area (Å²) in [6.45, 7) is 3.01. The van der Waals surface area contributed by atoms with Gasteiger partial charge in [0.1, 0.15) is 0 Å². The first-order valence-corrected chi connectivity index (χ1v) is 11.6. The van der Waals surface area contributed by atoms with E-state index in [0.29, 0.717) is 27.8 Å². The molecule has 8 heteroatoms. The number of carbonyl (C=O) groups excluding carboxylic acids is 1. The van der Waals surface area contributed by atoms with Gasteiger partial charge in [0, 0.05) is 41.3 Å². The van der Waals surface area contributed by atoms with Crippen LogP contribution in [-0.4, -0.2) is 48.9 Å². The summed E-state index contributed by atoms with van der Waals surface area (Å²) >= 11 is 7.51. The molecule has 3 heterocycles. The Hall–Kier alpha value is -2.38. The molecular formula is C22H24ClN5OS. The number of benzene rings is 1. The molecule has 1 atom stereocenters. The smallest absolute Gasteiger partial charge is 0.233 e. The molecule has 6 nitrogen and oxygen atoms in total. The summed E-state index contributed by atoms with van der Waals surface area (Å²) in [6, 6.07) is 11.7. The van der Waals surface area contributed by atoms with E-state index in [0.717, 1.165) is 37.1 Å². The Balaban J connectivity index is 1.61. The van der Waals surface area contributed by atoms with Crippen molar-refractivity contribution in [3.63, 3.8) is 0 Å². The van der Waals surface area contributed by atoms with Crippen LogP contribution in [0, 0.1) is 0 Å². The van der Waals surface area contributed by atoms with Gasteiger partial charge in [0.25, 0.3) is 0 Å². The normalized spacial score (nSPS) is 16.6. The quantitative estimate of drug-likeness (QED) is 0.511. The molecule has 1 fully saturated rings. The minimum absolute atomic E-state index is 0.169. The third-order valence-electron chi connectivity index (χ3n) is 5.40. The number of hydrogen-bond acceptors (Lipinski definition) is 5. The van der Waals surface area contributed by atoms with E-state index in [2.05, 4.69) is 22.1 Å². The molecule has 0 N–H and O–H groups in total. The maximum Gasteiger partial charge on any atom is 0.233 e. The molecule has 0 spiro atoms. The molecule has 0 radical (unpaired) electrons. The molecule has 1 aromatic carbocycles. The molecule has 1 amide bonds. The van der Waals surface area contributed by atoms with Gasteiger partial charge in [-0.05, 0) is 62.1 Å². The van der Waals surface area contributed by atoms with Gasteiger partial charge < -0.3 is 4.90 Å². The lowest BCUT2D eigenvalue weighted by atomic mass is 10.0. The Morgan fingerprint density at radius 3 is 2.63 bits per heavy atom. The monoisotopic (exact) mass is 441 g/mol. The zero-order valence-corrected chi connectivity index (χ0v) is 18.4. The van der Waals surface area contributed by atoms with Crippen molar-refractivity contribution in [1.82, 2.24) is 24.6 Å². The zero-order valence-electron chi connectivity index (χ0n) is 16.9. The van der Waals surface area contributed by atoms with Crippen LogP contribution in [0.2, 0.25) is 5.02 Å². The van der Waals surface area contributed by atoms with Crippen molar-refractivity contribution in [2.45, 2.75) is 43.8 Å². The molecule has 0 aliphatic carbocycles. The summed E-state index contributed by atoms with van der Waals surface area (Å²) in [4.78, 5) is 19.1. The largest absolute Gasteiger partial charge is 0.339 e. The number of nitrogens with zero attached hydrogens (tertiary/aromatic N) is 5. The average molecular weight is 442 g/mol. The first-order valence-electron chi connectivity index (χ1n) is 10.2. The van der Waals surface area contributed by atoms with Crippen LogP contribution in [0.3, 0.4) is 0 Å². The van der Waals surface area contributed by atoms with Gasteiger partial charge in [0.2, 0.25) is 5.91 Å². The number of aromatic nitrogens is 4. The molecule has 0 saturated carbocycles. The SMILES string of the molecule is CCC1CCCCN1C(=O)CSc1nnc(-c2ccncc2)n1-c1ccc(Cl)cc1. The van der Waals surface area contributed by atoms with E-state index in [1.807, 2.05) is 45.9 Å². The Bertz CT molecular complexity index is 993. The predicted octanol–water partition coefficient (Wildman–Crippen LogP) is 4.87. The van der Waals surface area contributed by atoms with E-state index in [1.165, 1.54) is 18.2 Å². The standard InChI is InChI=1S/C22H24ClN5OS/c1-2-18-5-3-4-14-27(18)20(29)15-30-22-26-25-21(16-10-12-24-13-11-16)28(22)19-8-6-17(23)7-9-19/h6-13,18H,2-5,14-15H2,1H3. The topological polar surface area (TPSA) is 63.9 Å². The zero-order chi connectivity index (χ0) is 20.9. The van der Waals surface area contributed by atoms with Gasteiger partial charge in [-0.15, -0.1) is 10.2 Å². The Morgan fingerprint density at radius 1 is 1.13 bits per heavy atom. The number of halogens is 1. The maximum absolute atomic E-state index is 12.9. The van der Waals surface area contributed by atoms with E-state index in [1.54, 1.807) is 12.4 Å². The summed E-state index contributed by atoms with van der Waals surface area (Å²) in [5, 5.41) is 10.2. The lowest BCUT2D eigenvalue weighted by Gasteiger charge is -2.35. The van der Waals surface area contributed by atoms with Crippen LogP contribution < -0.4 is 0 Å². The minimum Gasteiger partial charge on any atom is -0.339 e. The van der Waals surface area contributed by atoms with E-state index < -0.39 is 0 Å². The first-order chi connectivity index (χ1) is 14.7.